The molecule has 2 rings (SSSR count). The van der Waals surface area contributed by atoms with Crippen LogP contribution in [0, 0.1) is 5.82 Å². The fraction of sp³-hybridized carbons (Fsp3) is 0.538. The molecule has 0 bridgehead atoms. The van der Waals surface area contributed by atoms with Gasteiger partial charge in [0, 0.05) is 17.1 Å². The number of hydrogen-bond acceptors (Lipinski definition) is 3. The van der Waals surface area contributed by atoms with Gasteiger partial charge in [-0.3, -0.25) is 5.84 Å². The molecule has 3 N–H and O–H groups in total. The molecule has 1 saturated carbocycles. The van der Waals surface area contributed by atoms with Crippen LogP contribution >= 0.6 is 15.9 Å². The molecule has 1 fully saturated rings. The molecule has 0 radical (unpaired) electrons. The Balaban J connectivity index is 2.40. The van der Waals surface area contributed by atoms with Gasteiger partial charge in [-0.15, -0.1) is 0 Å². The summed E-state index contributed by atoms with van der Waals surface area (Å²) in [4.78, 5) is 0. The zero-order valence-corrected chi connectivity index (χ0v) is 12.0. The lowest BCUT2D eigenvalue weighted by Crippen LogP contribution is -2.46. The maximum atomic E-state index is 14.0. The third-order valence-corrected chi connectivity index (χ3v) is 4.31. The fourth-order valence-electron chi connectivity index (χ4n) is 2.84. The largest absolute Gasteiger partial charge is 0.376 e. The van der Waals surface area contributed by atoms with Crippen molar-refractivity contribution in [3.05, 3.63) is 34.1 Å². The van der Waals surface area contributed by atoms with Crippen LogP contribution in [0.1, 0.15) is 37.3 Å². The second-order valence-electron chi connectivity index (χ2n) is 4.74. The Labute approximate surface area is 115 Å². The average Bonchev–Trinajstić information content (AvgIpc) is 2.84. The van der Waals surface area contributed by atoms with Crippen LogP contribution in [0.3, 0.4) is 0 Å². The second kappa shape index (κ2) is 5.65. The summed E-state index contributed by atoms with van der Waals surface area (Å²) < 4.78 is 20.5. The van der Waals surface area contributed by atoms with Crippen molar-refractivity contribution in [3.63, 3.8) is 0 Å². The first-order chi connectivity index (χ1) is 8.63. The van der Waals surface area contributed by atoms with Crippen LogP contribution in [0.25, 0.3) is 0 Å². The van der Waals surface area contributed by atoms with Gasteiger partial charge in [-0.05, 0) is 31.0 Å². The Morgan fingerprint density at radius 3 is 2.67 bits per heavy atom. The number of nitrogens with one attached hydrogen (secondary N) is 1. The molecule has 0 saturated heterocycles. The number of methoxy groups -OCH3 is 1. The van der Waals surface area contributed by atoms with Gasteiger partial charge in [-0.1, -0.05) is 28.8 Å². The van der Waals surface area contributed by atoms with E-state index >= 15 is 0 Å². The number of hydrogen-bond donors (Lipinski definition) is 2. The van der Waals surface area contributed by atoms with Crippen molar-refractivity contribution in [3.8, 4) is 0 Å². The number of halogens is 2. The molecule has 100 valence electrons. The van der Waals surface area contributed by atoms with E-state index < -0.39 is 5.60 Å². The van der Waals surface area contributed by atoms with E-state index in [1.54, 1.807) is 19.2 Å². The third-order valence-electron chi connectivity index (χ3n) is 3.82. The number of rotatable bonds is 4. The smallest absolute Gasteiger partial charge is 0.128 e. The van der Waals surface area contributed by atoms with E-state index in [2.05, 4.69) is 21.4 Å². The topological polar surface area (TPSA) is 47.3 Å². The minimum absolute atomic E-state index is 0.260. The molecule has 1 aromatic rings. The van der Waals surface area contributed by atoms with Gasteiger partial charge < -0.3 is 4.74 Å². The SMILES string of the molecule is COC1(C(NN)c2cc(Br)ccc2F)CCCC1. The molecular formula is C13H18BrFN2O. The fourth-order valence-corrected chi connectivity index (χ4v) is 3.22. The Morgan fingerprint density at radius 1 is 1.44 bits per heavy atom. The molecule has 0 aliphatic heterocycles. The summed E-state index contributed by atoms with van der Waals surface area (Å²) >= 11 is 3.37. The van der Waals surface area contributed by atoms with Gasteiger partial charge in [-0.2, -0.15) is 0 Å². The maximum Gasteiger partial charge on any atom is 0.128 e. The van der Waals surface area contributed by atoms with Gasteiger partial charge in [0.25, 0.3) is 0 Å². The van der Waals surface area contributed by atoms with Crippen molar-refractivity contribution < 1.29 is 9.13 Å². The molecule has 0 amide bonds. The molecule has 1 aliphatic rings. The molecule has 1 unspecified atom stereocenters. The average molecular weight is 317 g/mol. The number of benzene rings is 1. The van der Waals surface area contributed by atoms with Crippen LogP contribution in [-0.4, -0.2) is 12.7 Å². The van der Waals surface area contributed by atoms with E-state index in [0.29, 0.717) is 5.56 Å². The standard InChI is InChI=1S/C13H18BrFN2O/c1-18-13(6-2-3-7-13)12(17-16)10-8-9(14)4-5-11(10)15/h4-5,8,12,17H,2-3,6-7,16H2,1H3. The van der Waals surface area contributed by atoms with Crippen molar-refractivity contribution >= 4 is 15.9 Å². The van der Waals surface area contributed by atoms with Gasteiger partial charge in [0.15, 0.2) is 0 Å². The second-order valence-corrected chi connectivity index (χ2v) is 5.66. The van der Waals surface area contributed by atoms with E-state index in [0.717, 1.165) is 30.2 Å². The van der Waals surface area contributed by atoms with E-state index in [9.17, 15) is 4.39 Å². The normalized spacial score (nSPS) is 20.0. The Kier molecular flexibility index (Phi) is 4.37. The van der Waals surface area contributed by atoms with Crippen LogP contribution in [0.5, 0.6) is 0 Å². The van der Waals surface area contributed by atoms with Crippen LogP contribution in [-0.2, 0) is 4.74 Å². The zero-order chi connectivity index (χ0) is 13.2. The third kappa shape index (κ3) is 2.45. The molecular weight excluding hydrogens is 299 g/mol. The first kappa shape index (κ1) is 13.9. The van der Waals surface area contributed by atoms with Gasteiger partial charge in [-0.25, -0.2) is 9.82 Å². The minimum atomic E-state index is -0.406. The predicted molar refractivity (Wildman–Crippen MR) is 72.4 cm³/mol. The highest BCUT2D eigenvalue weighted by atomic mass is 79.9. The molecule has 3 nitrogen and oxygen atoms in total. The summed E-state index contributed by atoms with van der Waals surface area (Å²) in [6, 6.07) is 4.56. The van der Waals surface area contributed by atoms with Crippen LogP contribution in [0.2, 0.25) is 0 Å². The first-order valence-electron chi connectivity index (χ1n) is 6.09. The first-order valence-corrected chi connectivity index (χ1v) is 6.88. The summed E-state index contributed by atoms with van der Waals surface area (Å²) in [5.41, 5.74) is 2.88. The highest BCUT2D eigenvalue weighted by Gasteiger charge is 2.43. The Hall–Kier alpha value is -0.490. The van der Waals surface area contributed by atoms with Crippen LogP contribution in [0.15, 0.2) is 22.7 Å². The van der Waals surface area contributed by atoms with Crippen LogP contribution < -0.4 is 11.3 Å². The number of ether oxygens (including phenoxy) is 1. The maximum absolute atomic E-state index is 14.0. The summed E-state index contributed by atoms with van der Waals surface area (Å²) in [5, 5.41) is 0. The van der Waals surface area contributed by atoms with Crippen molar-refractivity contribution in [1.29, 1.82) is 0 Å². The van der Waals surface area contributed by atoms with Gasteiger partial charge >= 0.3 is 0 Å². The summed E-state index contributed by atoms with van der Waals surface area (Å²) in [5.74, 6) is 5.39. The minimum Gasteiger partial charge on any atom is -0.376 e. The predicted octanol–water partition coefficient (Wildman–Crippen LogP) is 3.05. The van der Waals surface area contributed by atoms with Gasteiger partial charge in [0.05, 0.1) is 11.6 Å². The Bertz CT molecular complexity index is 421. The molecule has 1 aliphatic carbocycles. The lowest BCUT2D eigenvalue weighted by molar-refractivity contribution is -0.0377. The molecule has 5 heteroatoms. The van der Waals surface area contributed by atoms with Crippen LogP contribution in [0.4, 0.5) is 4.39 Å². The summed E-state index contributed by atoms with van der Waals surface area (Å²) in [6.07, 6.45) is 3.96. The summed E-state index contributed by atoms with van der Waals surface area (Å²) in [6.45, 7) is 0. The number of nitrogens with two attached hydrogens (primary N) is 1. The van der Waals surface area contributed by atoms with E-state index in [1.165, 1.54) is 6.07 Å². The van der Waals surface area contributed by atoms with Crippen molar-refractivity contribution in [2.75, 3.05) is 7.11 Å². The van der Waals surface area contributed by atoms with Gasteiger partial charge in [0.2, 0.25) is 0 Å². The van der Waals surface area contributed by atoms with Crippen molar-refractivity contribution in [2.24, 2.45) is 5.84 Å². The van der Waals surface area contributed by atoms with E-state index in [-0.39, 0.29) is 11.9 Å². The molecule has 18 heavy (non-hydrogen) atoms. The lowest BCUT2D eigenvalue weighted by atomic mass is 9.87. The molecule has 1 aromatic carbocycles. The lowest BCUT2D eigenvalue weighted by Gasteiger charge is -2.36. The number of hydrazine groups is 1. The molecule has 0 aromatic heterocycles. The molecule has 0 spiro atoms. The van der Waals surface area contributed by atoms with Crippen molar-refractivity contribution in [1.82, 2.24) is 5.43 Å². The molecule has 1 atom stereocenters. The molecule has 0 heterocycles. The highest BCUT2D eigenvalue weighted by Crippen LogP contribution is 2.43. The van der Waals surface area contributed by atoms with Gasteiger partial charge in [0.1, 0.15) is 5.82 Å². The quantitative estimate of drug-likeness (QED) is 0.663. The Morgan fingerprint density at radius 2 is 2.11 bits per heavy atom. The summed E-state index contributed by atoms with van der Waals surface area (Å²) in [7, 11) is 1.67. The zero-order valence-electron chi connectivity index (χ0n) is 10.4. The highest BCUT2D eigenvalue weighted by molar-refractivity contribution is 9.10. The van der Waals surface area contributed by atoms with Crippen molar-refractivity contribution in [2.45, 2.75) is 37.3 Å². The van der Waals surface area contributed by atoms with E-state index in [1.807, 2.05) is 0 Å². The monoisotopic (exact) mass is 316 g/mol. The van der Waals surface area contributed by atoms with E-state index in [4.69, 9.17) is 10.6 Å².